The van der Waals surface area contributed by atoms with Crippen molar-refractivity contribution in [1.29, 1.82) is 0 Å². The quantitative estimate of drug-likeness (QED) is 0.814. The van der Waals surface area contributed by atoms with Crippen LogP contribution in [0.5, 0.6) is 0 Å². The molecule has 1 aliphatic rings. The fraction of sp³-hybridized carbons (Fsp3) is 0.583. The van der Waals surface area contributed by atoms with Crippen LogP contribution in [-0.2, 0) is 9.47 Å². The number of anilines is 1. The molecule has 5 nitrogen and oxygen atoms in total. The normalized spacial score (nSPS) is 21.1. The Hall–Kier alpha value is -1.17. The van der Waals surface area contributed by atoms with Crippen molar-refractivity contribution in [3.8, 4) is 0 Å². The Kier molecular flexibility index (Phi) is 3.61. The Balaban J connectivity index is 2.28. The fourth-order valence-corrected chi connectivity index (χ4v) is 2.34. The van der Waals surface area contributed by atoms with Crippen LogP contribution in [0.1, 0.15) is 24.4 Å². The monoisotopic (exact) mass is 237 g/mol. The minimum atomic E-state index is -0.393. The highest BCUT2D eigenvalue weighted by atomic mass is 16.5. The summed E-state index contributed by atoms with van der Waals surface area (Å²) in [6.45, 7) is 1.34. The van der Waals surface area contributed by atoms with E-state index in [9.17, 15) is 0 Å². The minimum absolute atomic E-state index is 0.273. The van der Waals surface area contributed by atoms with Crippen molar-refractivity contribution >= 4 is 5.82 Å². The van der Waals surface area contributed by atoms with E-state index in [1.165, 1.54) is 0 Å². The number of pyridine rings is 1. The van der Waals surface area contributed by atoms with E-state index >= 15 is 0 Å². The summed E-state index contributed by atoms with van der Waals surface area (Å²) in [7, 11) is 1.69. The third-order valence-corrected chi connectivity index (χ3v) is 3.52. The predicted octanol–water partition coefficient (Wildman–Crippen LogP) is 0.859. The number of nitrogen functional groups attached to an aromatic ring is 1. The molecule has 0 saturated carbocycles. The number of rotatable bonds is 3. The van der Waals surface area contributed by atoms with Gasteiger partial charge in [-0.25, -0.2) is 4.98 Å². The fourth-order valence-electron chi connectivity index (χ4n) is 2.34. The van der Waals surface area contributed by atoms with Crippen LogP contribution >= 0.6 is 0 Å². The minimum Gasteiger partial charge on any atom is -0.383 e. The van der Waals surface area contributed by atoms with Gasteiger partial charge in [-0.3, -0.25) is 0 Å². The second kappa shape index (κ2) is 5.00. The van der Waals surface area contributed by atoms with Crippen molar-refractivity contribution in [3.05, 3.63) is 23.9 Å². The standard InChI is InChI=1S/C12H19N3O2/c1-16-12(4-7-17-8-5-12)10(13)9-3-2-6-15-11(9)14/h2-3,6,10H,4-5,7-8,13H2,1H3,(H2,14,15). The number of hydrogen-bond donors (Lipinski definition) is 2. The van der Waals surface area contributed by atoms with Crippen LogP contribution in [0, 0.1) is 0 Å². The van der Waals surface area contributed by atoms with Crippen molar-refractivity contribution in [2.75, 3.05) is 26.1 Å². The van der Waals surface area contributed by atoms with Crippen molar-refractivity contribution in [2.45, 2.75) is 24.5 Å². The molecule has 94 valence electrons. The molecule has 17 heavy (non-hydrogen) atoms. The number of hydrogen-bond acceptors (Lipinski definition) is 5. The van der Waals surface area contributed by atoms with Crippen LogP contribution in [-0.4, -0.2) is 30.9 Å². The van der Waals surface area contributed by atoms with Crippen LogP contribution in [0.15, 0.2) is 18.3 Å². The Morgan fingerprint density at radius 1 is 1.47 bits per heavy atom. The summed E-state index contributed by atoms with van der Waals surface area (Å²) < 4.78 is 11.0. The number of nitrogens with two attached hydrogens (primary N) is 2. The first-order valence-electron chi connectivity index (χ1n) is 5.78. The number of ether oxygens (including phenoxy) is 2. The summed E-state index contributed by atoms with van der Waals surface area (Å²) in [5, 5.41) is 0. The molecule has 5 heteroatoms. The molecule has 1 aromatic heterocycles. The lowest BCUT2D eigenvalue weighted by atomic mass is 9.83. The van der Waals surface area contributed by atoms with Gasteiger partial charge in [-0.1, -0.05) is 6.07 Å². The molecular formula is C12H19N3O2. The second-order valence-corrected chi connectivity index (χ2v) is 4.34. The molecule has 1 aliphatic heterocycles. The van der Waals surface area contributed by atoms with Gasteiger partial charge in [0.25, 0.3) is 0 Å². The number of methoxy groups -OCH3 is 1. The molecule has 1 unspecified atom stereocenters. The molecular weight excluding hydrogens is 218 g/mol. The molecule has 0 radical (unpaired) electrons. The molecule has 4 N–H and O–H groups in total. The molecule has 0 aliphatic carbocycles. The first-order chi connectivity index (χ1) is 8.19. The van der Waals surface area contributed by atoms with Crippen molar-refractivity contribution in [3.63, 3.8) is 0 Å². The van der Waals surface area contributed by atoms with E-state index in [1.807, 2.05) is 12.1 Å². The van der Waals surface area contributed by atoms with E-state index in [4.69, 9.17) is 20.9 Å². The average molecular weight is 237 g/mol. The van der Waals surface area contributed by atoms with Gasteiger partial charge in [0.05, 0.1) is 11.6 Å². The predicted molar refractivity (Wildman–Crippen MR) is 65.4 cm³/mol. The third kappa shape index (κ3) is 2.26. The van der Waals surface area contributed by atoms with Gasteiger partial charge in [0, 0.05) is 44.9 Å². The number of aromatic nitrogens is 1. The highest BCUT2D eigenvalue weighted by Gasteiger charge is 2.40. The highest BCUT2D eigenvalue weighted by Crippen LogP contribution is 2.36. The lowest BCUT2D eigenvalue weighted by Gasteiger charge is -2.40. The first-order valence-corrected chi connectivity index (χ1v) is 5.78. The van der Waals surface area contributed by atoms with E-state index < -0.39 is 5.60 Å². The highest BCUT2D eigenvalue weighted by molar-refractivity contribution is 5.42. The van der Waals surface area contributed by atoms with Gasteiger partial charge in [0.15, 0.2) is 0 Å². The van der Waals surface area contributed by atoms with Gasteiger partial charge >= 0.3 is 0 Å². The zero-order chi connectivity index (χ0) is 12.3. The van der Waals surface area contributed by atoms with Crippen LogP contribution < -0.4 is 11.5 Å². The Morgan fingerprint density at radius 3 is 2.76 bits per heavy atom. The molecule has 0 aromatic carbocycles. The van der Waals surface area contributed by atoms with Crippen LogP contribution in [0.25, 0.3) is 0 Å². The van der Waals surface area contributed by atoms with Crippen LogP contribution in [0.4, 0.5) is 5.82 Å². The lowest BCUT2D eigenvalue weighted by molar-refractivity contribution is -0.104. The van der Waals surface area contributed by atoms with Gasteiger partial charge in [-0.05, 0) is 6.07 Å². The zero-order valence-electron chi connectivity index (χ0n) is 10.1. The van der Waals surface area contributed by atoms with E-state index in [2.05, 4.69) is 4.98 Å². The summed E-state index contributed by atoms with van der Waals surface area (Å²) in [6, 6.07) is 3.47. The van der Waals surface area contributed by atoms with Crippen LogP contribution in [0.3, 0.4) is 0 Å². The van der Waals surface area contributed by atoms with Crippen molar-refractivity contribution in [2.24, 2.45) is 5.73 Å². The van der Waals surface area contributed by atoms with E-state index in [-0.39, 0.29) is 6.04 Å². The molecule has 0 bridgehead atoms. The maximum Gasteiger partial charge on any atom is 0.128 e. The summed E-state index contributed by atoms with van der Waals surface area (Å²) in [5.41, 5.74) is 12.6. The molecule has 1 aromatic rings. The molecule has 1 fully saturated rings. The maximum absolute atomic E-state index is 6.32. The molecule has 2 rings (SSSR count). The van der Waals surface area contributed by atoms with Gasteiger partial charge in [0.2, 0.25) is 0 Å². The average Bonchev–Trinajstić information content (AvgIpc) is 2.39. The molecule has 2 heterocycles. The van der Waals surface area contributed by atoms with Gasteiger partial charge < -0.3 is 20.9 Å². The number of nitrogens with zero attached hydrogens (tertiary/aromatic N) is 1. The molecule has 0 spiro atoms. The molecule has 0 amide bonds. The lowest BCUT2D eigenvalue weighted by Crippen LogP contribution is -2.47. The SMILES string of the molecule is COC1(C(N)c2cccnc2N)CCOCC1. The topological polar surface area (TPSA) is 83.4 Å². The van der Waals surface area contributed by atoms with E-state index in [0.29, 0.717) is 19.0 Å². The summed E-state index contributed by atoms with van der Waals surface area (Å²) in [6.07, 6.45) is 3.22. The van der Waals surface area contributed by atoms with Crippen molar-refractivity contribution in [1.82, 2.24) is 4.98 Å². The summed E-state index contributed by atoms with van der Waals surface area (Å²) >= 11 is 0. The molecule has 1 atom stereocenters. The van der Waals surface area contributed by atoms with Gasteiger partial charge in [0.1, 0.15) is 5.82 Å². The Bertz CT molecular complexity index is 378. The first kappa shape index (κ1) is 12.3. The largest absolute Gasteiger partial charge is 0.383 e. The zero-order valence-corrected chi connectivity index (χ0v) is 10.1. The van der Waals surface area contributed by atoms with Gasteiger partial charge in [-0.2, -0.15) is 0 Å². The van der Waals surface area contributed by atoms with Crippen LogP contribution in [0.2, 0.25) is 0 Å². The second-order valence-electron chi connectivity index (χ2n) is 4.34. The smallest absolute Gasteiger partial charge is 0.128 e. The summed E-state index contributed by atoms with van der Waals surface area (Å²) in [5.74, 6) is 0.475. The van der Waals surface area contributed by atoms with Gasteiger partial charge in [-0.15, -0.1) is 0 Å². The Morgan fingerprint density at radius 2 is 2.18 bits per heavy atom. The van der Waals surface area contributed by atoms with Crippen molar-refractivity contribution < 1.29 is 9.47 Å². The third-order valence-electron chi connectivity index (χ3n) is 3.52. The Labute approximate surface area is 101 Å². The maximum atomic E-state index is 6.32. The van der Waals surface area contributed by atoms with E-state index in [0.717, 1.165) is 18.4 Å². The summed E-state index contributed by atoms with van der Waals surface area (Å²) in [4.78, 5) is 4.07. The van der Waals surface area contributed by atoms with E-state index in [1.54, 1.807) is 13.3 Å². The molecule has 1 saturated heterocycles.